The van der Waals surface area contributed by atoms with E-state index in [0.717, 1.165) is 36.5 Å². The monoisotopic (exact) mass is 342 g/mol. The SMILES string of the molecule is O=C(NC1CCSCC1)N1CCO[C@H](c2ccc(F)c(F)c2)C1. The molecule has 0 radical (unpaired) electrons. The average molecular weight is 342 g/mol. The van der Waals surface area contributed by atoms with Crippen LogP contribution in [0.15, 0.2) is 18.2 Å². The normalized spacial score (nSPS) is 22.9. The Labute approximate surface area is 138 Å². The molecule has 126 valence electrons. The molecular weight excluding hydrogens is 322 g/mol. The summed E-state index contributed by atoms with van der Waals surface area (Å²) in [6.07, 6.45) is 1.56. The zero-order valence-corrected chi connectivity index (χ0v) is 13.6. The molecule has 2 fully saturated rings. The summed E-state index contributed by atoms with van der Waals surface area (Å²) >= 11 is 1.91. The fourth-order valence-corrected chi connectivity index (χ4v) is 3.96. The summed E-state index contributed by atoms with van der Waals surface area (Å²) in [5, 5.41) is 3.07. The second-order valence-electron chi connectivity index (χ2n) is 5.82. The first kappa shape index (κ1) is 16.5. The second-order valence-corrected chi connectivity index (χ2v) is 7.04. The van der Waals surface area contributed by atoms with E-state index < -0.39 is 17.7 Å². The van der Waals surface area contributed by atoms with Crippen LogP contribution in [-0.2, 0) is 4.74 Å². The molecule has 2 amide bonds. The van der Waals surface area contributed by atoms with Crippen LogP contribution in [0.1, 0.15) is 24.5 Å². The van der Waals surface area contributed by atoms with Crippen LogP contribution in [0.5, 0.6) is 0 Å². The van der Waals surface area contributed by atoms with E-state index in [4.69, 9.17) is 4.74 Å². The van der Waals surface area contributed by atoms with Crippen molar-refractivity contribution in [3.05, 3.63) is 35.4 Å². The number of carbonyl (C=O) groups excluding carboxylic acids is 1. The van der Waals surface area contributed by atoms with Crippen molar-refractivity contribution >= 4 is 17.8 Å². The van der Waals surface area contributed by atoms with Crippen LogP contribution >= 0.6 is 11.8 Å². The van der Waals surface area contributed by atoms with Gasteiger partial charge in [0.1, 0.15) is 6.10 Å². The number of halogens is 2. The maximum atomic E-state index is 13.4. The molecule has 0 aromatic heterocycles. The van der Waals surface area contributed by atoms with Crippen LogP contribution in [0.4, 0.5) is 13.6 Å². The quantitative estimate of drug-likeness (QED) is 0.898. The molecule has 0 bridgehead atoms. The van der Waals surface area contributed by atoms with Crippen molar-refractivity contribution in [3.63, 3.8) is 0 Å². The molecule has 2 heterocycles. The van der Waals surface area contributed by atoms with Gasteiger partial charge in [0.25, 0.3) is 0 Å². The number of hydrogen-bond donors (Lipinski definition) is 1. The predicted molar refractivity (Wildman–Crippen MR) is 85.5 cm³/mol. The summed E-state index contributed by atoms with van der Waals surface area (Å²) in [7, 11) is 0. The van der Waals surface area contributed by atoms with E-state index in [1.807, 2.05) is 11.8 Å². The van der Waals surface area contributed by atoms with Gasteiger partial charge in [-0.15, -0.1) is 0 Å². The van der Waals surface area contributed by atoms with Crippen molar-refractivity contribution in [1.82, 2.24) is 10.2 Å². The summed E-state index contributed by atoms with van der Waals surface area (Å²) in [5.74, 6) is 0.374. The molecule has 0 spiro atoms. The third-order valence-corrected chi connectivity index (χ3v) is 5.27. The summed E-state index contributed by atoms with van der Waals surface area (Å²) in [4.78, 5) is 14.1. The minimum atomic E-state index is -0.896. The average Bonchev–Trinajstić information content (AvgIpc) is 2.58. The van der Waals surface area contributed by atoms with Gasteiger partial charge in [-0.05, 0) is 42.0 Å². The Bertz CT molecular complexity index is 567. The van der Waals surface area contributed by atoms with Crippen LogP contribution in [0.3, 0.4) is 0 Å². The van der Waals surface area contributed by atoms with E-state index in [1.165, 1.54) is 6.07 Å². The van der Waals surface area contributed by atoms with E-state index in [-0.39, 0.29) is 12.1 Å². The van der Waals surface area contributed by atoms with Gasteiger partial charge < -0.3 is 15.0 Å². The zero-order chi connectivity index (χ0) is 16.2. The molecule has 3 rings (SSSR count). The maximum absolute atomic E-state index is 13.4. The number of rotatable bonds is 2. The fourth-order valence-electron chi connectivity index (χ4n) is 2.86. The Morgan fingerprint density at radius 2 is 2.04 bits per heavy atom. The van der Waals surface area contributed by atoms with Crippen LogP contribution in [-0.4, -0.2) is 48.2 Å². The lowest BCUT2D eigenvalue weighted by molar-refractivity contribution is -0.0160. The molecule has 2 aliphatic rings. The van der Waals surface area contributed by atoms with Crippen LogP contribution in [0.25, 0.3) is 0 Å². The Balaban J connectivity index is 1.60. The van der Waals surface area contributed by atoms with Crippen LogP contribution < -0.4 is 5.32 Å². The molecule has 7 heteroatoms. The van der Waals surface area contributed by atoms with Crippen LogP contribution in [0, 0.1) is 11.6 Å². The Kier molecular flexibility index (Phi) is 5.38. The molecule has 1 atom stereocenters. The smallest absolute Gasteiger partial charge is 0.317 e. The highest BCUT2D eigenvalue weighted by atomic mass is 32.2. The minimum absolute atomic E-state index is 0.0993. The van der Waals surface area contributed by atoms with Crippen LogP contribution in [0.2, 0.25) is 0 Å². The van der Waals surface area contributed by atoms with Gasteiger partial charge in [0, 0.05) is 12.6 Å². The highest BCUT2D eigenvalue weighted by Gasteiger charge is 2.27. The number of carbonyl (C=O) groups is 1. The Morgan fingerprint density at radius 3 is 2.78 bits per heavy atom. The number of nitrogens with zero attached hydrogens (tertiary/aromatic N) is 1. The van der Waals surface area contributed by atoms with Gasteiger partial charge in [-0.25, -0.2) is 13.6 Å². The number of hydrogen-bond acceptors (Lipinski definition) is 3. The number of amides is 2. The molecule has 23 heavy (non-hydrogen) atoms. The third kappa shape index (κ3) is 4.14. The molecular formula is C16H20F2N2O2S. The third-order valence-electron chi connectivity index (χ3n) is 4.22. The highest BCUT2D eigenvalue weighted by molar-refractivity contribution is 7.99. The first-order valence-corrected chi connectivity index (χ1v) is 8.98. The van der Waals surface area contributed by atoms with Crippen molar-refractivity contribution in [1.29, 1.82) is 0 Å². The van der Waals surface area contributed by atoms with E-state index in [1.54, 1.807) is 4.90 Å². The molecule has 1 aromatic carbocycles. The van der Waals surface area contributed by atoms with Gasteiger partial charge >= 0.3 is 6.03 Å². The summed E-state index contributed by atoms with van der Waals surface area (Å²) in [5.41, 5.74) is 0.551. The molecule has 2 saturated heterocycles. The Morgan fingerprint density at radius 1 is 1.26 bits per heavy atom. The van der Waals surface area contributed by atoms with Gasteiger partial charge in [-0.1, -0.05) is 6.07 Å². The first-order valence-electron chi connectivity index (χ1n) is 7.83. The largest absolute Gasteiger partial charge is 0.370 e. The van der Waals surface area contributed by atoms with Crippen molar-refractivity contribution in [2.24, 2.45) is 0 Å². The maximum Gasteiger partial charge on any atom is 0.317 e. The summed E-state index contributed by atoms with van der Waals surface area (Å²) in [6.45, 7) is 1.24. The van der Waals surface area contributed by atoms with Gasteiger partial charge in [0.2, 0.25) is 0 Å². The molecule has 0 saturated carbocycles. The van der Waals surface area contributed by atoms with Crippen molar-refractivity contribution in [2.45, 2.75) is 25.0 Å². The van der Waals surface area contributed by atoms with Gasteiger partial charge in [0.05, 0.1) is 13.2 Å². The van der Waals surface area contributed by atoms with Gasteiger partial charge in [-0.3, -0.25) is 0 Å². The van der Waals surface area contributed by atoms with Gasteiger partial charge in [-0.2, -0.15) is 11.8 Å². The van der Waals surface area contributed by atoms with Crippen molar-refractivity contribution in [3.8, 4) is 0 Å². The van der Waals surface area contributed by atoms with E-state index in [2.05, 4.69) is 5.32 Å². The van der Waals surface area contributed by atoms with Crippen molar-refractivity contribution < 1.29 is 18.3 Å². The standard InChI is InChI=1S/C16H20F2N2O2S/c17-13-2-1-11(9-14(13)18)15-10-20(5-6-22-15)16(21)19-12-3-7-23-8-4-12/h1-2,9,12,15H,3-8,10H2,(H,19,21)/t15-/m0/s1. The number of nitrogens with one attached hydrogen (secondary N) is 1. The number of urea groups is 1. The van der Waals surface area contributed by atoms with E-state index >= 15 is 0 Å². The Hall–Kier alpha value is -1.34. The highest BCUT2D eigenvalue weighted by Crippen LogP contribution is 2.24. The van der Waals surface area contributed by atoms with E-state index in [0.29, 0.717) is 25.3 Å². The molecule has 1 aromatic rings. The molecule has 1 N–H and O–H groups in total. The fraction of sp³-hybridized carbons (Fsp3) is 0.562. The second kappa shape index (κ2) is 7.49. The number of morpholine rings is 1. The van der Waals surface area contributed by atoms with Crippen molar-refractivity contribution in [2.75, 3.05) is 31.2 Å². The number of ether oxygens (including phenoxy) is 1. The minimum Gasteiger partial charge on any atom is -0.370 e. The molecule has 2 aliphatic heterocycles. The molecule has 4 nitrogen and oxygen atoms in total. The predicted octanol–water partition coefficient (Wildman–Crippen LogP) is 2.94. The number of benzene rings is 1. The lowest BCUT2D eigenvalue weighted by Gasteiger charge is -2.34. The molecule has 0 aliphatic carbocycles. The lowest BCUT2D eigenvalue weighted by Crippen LogP contribution is -2.50. The lowest BCUT2D eigenvalue weighted by atomic mass is 10.1. The first-order chi connectivity index (χ1) is 11.1. The molecule has 0 unspecified atom stereocenters. The number of thioether (sulfide) groups is 1. The summed E-state index contributed by atoms with van der Waals surface area (Å²) < 4.78 is 32.0. The van der Waals surface area contributed by atoms with Gasteiger partial charge in [0.15, 0.2) is 11.6 Å². The summed E-state index contributed by atoms with van der Waals surface area (Å²) in [6, 6.07) is 3.86. The zero-order valence-electron chi connectivity index (χ0n) is 12.8. The van der Waals surface area contributed by atoms with E-state index in [9.17, 15) is 13.6 Å². The topological polar surface area (TPSA) is 41.6 Å².